The van der Waals surface area contributed by atoms with Gasteiger partial charge in [-0.05, 0) is 61.3 Å². The molecule has 0 aromatic heterocycles. The molecule has 2 aromatic carbocycles. The monoisotopic (exact) mass is 549 g/mol. The smallest absolute Gasteiger partial charge is 0.254 e. The predicted octanol–water partition coefficient (Wildman–Crippen LogP) is 3.78. The zero-order chi connectivity index (χ0) is 27.9. The van der Waals surface area contributed by atoms with Gasteiger partial charge >= 0.3 is 0 Å². The standard InChI is InChI=1S/C32H43N3O5/c1-38-15-6-16-40-30-18-24(9-14-29(30)39-2)32(37)35(28-12-13-28)22-26-20-33-19-25(26)21-34(27-10-11-27)31(36)17-23-7-4-3-5-8-23/h3-5,7-9,14,18,25-28,33H,6,10-13,15-17,19-22H2,1-2H3/t25-,26-/m0/s1. The van der Waals surface area contributed by atoms with Crippen molar-refractivity contribution < 1.29 is 23.8 Å². The first-order chi connectivity index (χ1) is 19.6. The van der Waals surface area contributed by atoms with Crippen molar-refractivity contribution in [1.82, 2.24) is 15.1 Å². The Labute approximate surface area is 238 Å². The summed E-state index contributed by atoms with van der Waals surface area (Å²) >= 11 is 0. The van der Waals surface area contributed by atoms with E-state index in [0.717, 1.165) is 57.3 Å². The first kappa shape index (κ1) is 28.4. The summed E-state index contributed by atoms with van der Waals surface area (Å²) in [5.41, 5.74) is 1.68. The Morgan fingerprint density at radius 2 is 1.52 bits per heavy atom. The van der Waals surface area contributed by atoms with E-state index in [0.29, 0.717) is 61.1 Å². The molecular formula is C32H43N3O5. The zero-order valence-electron chi connectivity index (χ0n) is 23.8. The Morgan fingerprint density at radius 1 is 0.850 bits per heavy atom. The van der Waals surface area contributed by atoms with Gasteiger partial charge in [-0.3, -0.25) is 9.59 Å². The number of ether oxygens (including phenoxy) is 3. The van der Waals surface area contributed by atoms with Crippen molar-refractivity contribution in [2.45, 2.75) is 50.6 Å². The maximum atomic E-state index is 13.8. The molecule has 0 unspecified atom stereocenters. The zero-order valence-corrected chi connectivity index (χ0v) is 23.8. The van der Waals surface area contributed by atoms with Gasteiger partial charge in [-0.2, -0.15) is 0 Å². The van der Waals surface area contributed by atoms with Crippen molar-refractivity contribution in [3.63, 3.8) is 0 Å². The van der Waals surface area contributed by atoms with Crippen LogP contribution in [0.15, 0.2) is 48.5 Å². The summed E-state index contributed by atoms with van der Waals surface area (Å²) in [5.74, 6) is 2.08. The Balaban J connectivity index is 1.25. The molecule has 2 atom stereocenters. The van der Waals surface area contributed by atoms with E-state index in [9.17, 15) is 9.59 Å². The summed E-state index contributed by atoms with van der Waals surface area (Å²) < 4.78 is 16.5. The highest BCUT2D eigenvalue weighted by atomic mass is 16.5. The molecule has 0 radical (unpaired) electrons. The van der Waals surface area contributed by atoms with E-state index in [1.807, 2.05) is 48.5 Å². The molecule has 1 saturated heterocycles. The Hall–Kier alpha value is -3.10. The normalized spacial score (nSPS) is 20.2. The molecule has 1 N–H and O–H groups in total. The van der Waals surface area contributed by atoms with Gasteiger partial charge in [0.05, 0.1) is 20.1 Å². The Kier molecular flexibility index (Phi) is 9.60. The van der Waals surface area contributed by atoms with Gasteiger partial charge in [-0.25, -0.2) is 0 Å². The number of nitrogens with one attached hydrogen (secondary N) is 1. The van der Waals surface area contributed by atoms with E-state index >= 15 is 0 Å². The fourth-order valence-corrected chi connectivity index (χ4v) is 5.69. The van der Waals surface area contributed by atoms with Gasteiger partial charge in [0.25, 0.3) is 5.91 Å². The number of nitrogens with zero attached hydrogens (tertiary/aromatic N) is 2. The van der Waals surface area contributed by atoms with Crippen molar-refractivity contribution in [1.29, 1.82) is 0 Å². The van der Waals surface area contributed by atoms with Crippen molar-refractivity contribution in [3.05, 3.63) is 59.7 Å². The van der Waals surface area contributed by atoms with Gasteiger partial charge in [0.2, 0.25) is 5.91 Å². The summed E-state index contributed by atoms with van der Waals surface area (Å²) in [6, 6.07) is 16.1. The lowest BCUT2D eigenvalue weighted by molar-refractivity contribution is -0.131. The summed E-state index contributed by atoms with van der Waals surface area (Å²) in [6.45, 7) is 4.29. The minimum absolute atomic E-state index is 0.0387. The average molecular weight is 550 g/mol. The van der Waals surface area contributed by atoms with Gasteiger partial charge in [-0.15, -0.1) is 0 Å². The summed E-state index contributed by atoms with van der Waals surface area (Å²) in [7, 11) is 3.28. The highest BCUT2D eigenvalue weighted by Gasteiger charge is 2.40. The molecule has 1 heterocycles. The average Bonchev–Trinajstić information content (AvgIpc) is 3.92. The van der Waals surface area contributed by atoms with Crippen LogP contribution in [0.3, 0.4) is 0 Å². The summed E-state index contributed by atoms with van der Waals surface area (Å²) in [6.07, 6.45) is 5.46. The van der Waals surface area contributed by atoms with E-state index in [1.165, 1.54) is 0 Å². The summed E-state index contributed by atoms with van der Waals surface area (Å²) in [5, 5.41) is 3.55. The first-order valence-corrected chi connectivity index (χ1v) is 14.7. The molecule has 8 heteroatoms. The molecule has 40 heavy (non-hydrogen) atoms. The lowest BCUT2D eigenvalue weighted by Gasteiger charge is -2.32. The number of hydrogen-bond donors (Lipinski definition) is 1. The third-order valence-electron chi connectivity index (χ3n) is 8.26. The fraction of sp³-hybridized carbons (Fsp3) is 0.562. The minimum Gasteiger partial charge on any atom is -0.493 e. The van der Waals surface area contributed by atoms with Crippen LogP contribution < -0.4 is 14.8 Å². The van der Waals surface area contributed by atoms with E-state index in [1.54, 1.807) is 14.2 Å². The van der Waals surface area contributed by atoms with Crippen LogP contribution in [0.5, 0.6) is 11.5 Å². The van der Waals surface area contributed by atoms with Crippen LogP contribution in [0.25, 0.3) is 0 Å². The molecule has 1 aliphatic heterocycles. The van der Waals surface area contributed by atoms with Crippen LogP contribution in [-0.2, 0) is 16.0 Å². The lowest BCUT2D eigenvalue weighted by atomic mass is 9.94. The molecule has 8 nitrogen and oxygen atoms in total. The van der Waals surface area contributed by atoms with Crippen molar-refractivity contribution in [2.75, 3.05) is 53.6 Å². The minimum atomic E-state index is 0.0387. The van der Waals surface area contributed by atoms with Gasteiger partial charge in [0, 0.05) is 64.0 Å². The second-order valence-electron chi connectivity index (χ2n) is 11.4. The molecule has 2 aliphatic carbocycles. The van der Waals surface area contributed by atoms with Crippen LogP contribution in [0.2, 0.25) is 0 Å². The molecule has 0 bridgehead atoms. The number of carbonyl (C=O) groups excluding carboxylic acids is 2. The first-order valence-electron chi connectivity index (χ1n) is 14.7. The second-order valence-corrected chi connectivity index (χ2v) is 11.4. The van der Waals surface area contributed by atoms with Gasteiger partial charge < -0.3 is 29.3 Å². The maximum absolute atomic E-state index is 13.8. The number of carbonyl (C=O) groups is 2. The van der Waals surface area contributed by atoms with Gasteiger partial charge in [-0.1, -0.05) is 30.3 Å². The molecule has 2 saturated carbocycles. The van der Waals surface area contributed by atoms with Crippen molar-refractivity contribution in [2.24, 2.45) is 11.8 Å². The Morgan fingerprint density at radius 3 is 2.17 bits per heavy atom. The second kappa shape index (κ2) is 13.5. The molecular weight excluding hydrogens is 506 g/mol. The number of benzene rings is 2. The lowest BCUT2D eigenvalue weighted by Crippen LogP contribution is -2.43. The van der Waals surface area contributed by atoms with Gasteiger partial charge in [0.1, 0.15) is 0 Å². The predicted molar refractivity (Wildman–Crippen MR) is 154 cm³/mol. The number of amides is 2. The van der Waals surface area contributed by atoms with Crippen LogP contribution in [0.4, 0.5) is 0 Å². The fourth-order valence-electron chi connectivity index (χ4n) is 5.69. The molecule has 2 aromatic rings. The SMILES string of the molecule is COCCCOc1cc(C(=O)N(C[C@@H]2CNC[C@H]2CN(C(=O)Cc2ccccc2)C2CC2)C2CC2)ccc1OC. The third kappa shape index (κ3) is 7.34. The number of rotatable bonds is 15. The highest BCUT2D eigenvalue weighted by molar-refractivity contribution is 5.95. The van der Waals surface area contributed by atoms with E-state index in [2.05, 4.69) is 15.1 Å². The van der Waals surface area contributed by atoms with E-state index in [4.69, 9.17) is 14.2 Å². The van der Waals surface area contributed by atoms with Gasteiger partial charge in [0.15, 0.2) is 11.5 Å². The molecule has 2 amide bonds. The number of methoxy groups -OCH3 is 2. The number of hydrogen-bond acceptors (Lipinski definition) is 6. The van der Waals surface area contributed by atoms with E-state index < -0.39 is 0 Å². The Bertz CT molecular complexity index is 1130. The third-order valence-corrected chi connectivity index (χ3v) is 8.26. The largest absolute Gasteiger partial charge is 0.493 e. The van der Waals surface area contributed by atoms with E-state index in [-0.39, 0.29) is 17.9 Å². The molecule has 0 spiro atoms. The maximum Gasteiger partial charge on any atom is 0.254 e. The molecule has 216 valence electrons. The molecule has 3 fully saturated rings. The summed E-state index contributed by atoms with van der Waals surface area (Å²) in [4.78, 5) is 31.3. The molecule has 5 rings (SSSR count). The topological polar surface area (TPSA) is 80.3 Å². The van der Waals surface area contributed by atoms with Crippen molar-refractivity contribution >= 4 is 11.8 Å². The molecule has 3 aliphatic rings. The van der Waals surface area contributed by atoms with Crippen LogP contribution >= 0.6 is 0 Å². The van der Waals surface area contributed by atoms with Crippen molar-refractivity contribution in [3.8, 4) is 11.5 Å². The van der Waals surface area contributed by atoms with Crippen LogP contribution in [-0.4, -0.2) is 87.3 Å². The van der Waals surface area contributed by atoms with Crippen LogP contribution in [0.1, 0.15) is 48.0 Å². The highest BCUT2D eigenvalue weighted by Crippen LogP contribution is 2.35. The quantitative estimate of drug-likeness (QED) is 0.341. The van der Waals surface area contributed by atoms with Crippen LogP contribution in [0, 0.1) is 11.8 Å².